The lowest BCUT2D eigenvalue weighted by atomic mass is 9.94. The summed E-state index contributed by atoms with van der Waals surface area (Å²) in [5.41, 5.74) is 20.8. The molecule has 0 bridgehead atoms. The Bertz CT molecular complexity index is 1320. The van der Waals surface area contributed by atoms with Crippen molar-refractivity contribution in [1.29, 1.82) is 0 Å². The van der Waals surface area contributed by atoms with Gasteiger partial charge in [-0.1, -0.05) is 215 Å². The van der Waals surface area contributed by atoms with Gasteiger partial charge in [-0.3, -0.25) is 0 Å². The van der Waals surface area contributed by atoms with Crippen molar-refractivity contribution >= 4 is 11.4 Å². The van der Waals surface area contributed by atoms with E-state index in [2.05, 4.69) is 88.4 Å². The van der Waals surface area contributed by atoms with Crippen molar-refractivity contribution in [1.82, 2.24) is 0 Å². The first-order valence-corrected chi connectivity index (χ1v) is 22.3. The van der Waals surface area contributed by atoms with Gasteiger partial charge in [0.2, 0.25) is 11.4 Å². The van der Waals surface area contributed by atoms with Crippen LogP contribution in [0.25, 0.3) is 16.9 Å². The summed E-state index contributed by atoms with van der Waals surface area (Å²) >= 11 is 0. The Balaban J connectivity index is 1.35. The second-order valence-electron chi connectivity index (χ2n) is 16.1. The molecule has 0 saturated carbocycles. The monoisotopic (exact) mass is 707 g/mol. The zero-order valence-corrected chi connectivity index (χ0v) is 34.5. The summed E-state index contributed by atoms with van der Waals surface area (Å²) in [4.78, 5) is 0. The molecule has 0 aromatic heterocycles. The summed E-state index contributed by atoms with van der Waals surface area (Å²) in [6, 6.07) is 17.3. The molecule has 3 rings (SSSR count). The number of allylic oxidation sites excluding steroid dienone is 4. The van der Waals surface area contributed by atoms with Crippen LogP contribution in [-0.4, -0.2) is 4.70 Å². The molecule has 0 unspecified atom stereocenters. The third-order valence-corrected chi connectivity index (χ3v) is 11.2. The van der Waals surface area contributed by atoms with E-state index in [-0.39, 0.29) is 0 Å². The first-order valence-electron chi connectivity index (χ1n) is 22.3. The molecular formula is C50H78N2. The number of hydrogen-bond acceptors (Lipinski definition) is 0. The summed E-state index contributed by atoms with van der Waals surface area (Å²) in [6.07, 6.45) is 42.9. The van der Waals surface area contributed by atoms with Gasteiger partial charge in [-0.15, -0.1) is 0 Å². The van der Waals surface area contributed by atoms with E-state index >= 15 is 0 Å². The van der Waals surface area contributed by atoms with Gasteiger partial charge in [0.15, 0.2) is 0 Å². The predicted molar refractivity (Wildman–Crippen MR) is 230 cm³/mol. The standard InChI is InChI=1S/C50H78N2/c1-5-7-9-11-12-13-14-15-16-17-18-19-20-21-22-23-24-25-26-27-28-29-30-32-34-48-47(33-31-10-8-6-2)49(45-39-35-43(3)36-40-45)52(51)50(48)46-41-37-44(4)38-42-46/h32,34-42H,5-31,33H2,1-4H3. The van der Waals surface area contributed by atoms with Gasteiger partial charge < -0.3 is 5.53 Å². The van der Waals surface area contributed by atoms with Crippen LogP contribution < -0.4 is 0 Å². The van der Waals surface area contributed by atoms with Gasteiger partial charge in [0.05, 0.1) is 5.57 Å². The SMILES string of the molecule is CCCCCCCCCCCCCCCCCCCCCCCCC=CC1=C(c2ccc(C)cc2)[N+](=[N-])C(c2ccc(C)cc2)=C1CCCCCC. The minimum atomic E-state index is 0.923. The molecule has 0 amide bonds. The predicted octanol–water partition coefficient (Wildman–Crippen LogP) is 17.0. The highest BCUT2D eigenvalue weighted by molar-refractivity contribution is 5.84. The largest absolute Gasteiger partial charge is 0.493 e. The number of nitrogens with zero attached hydrogens (tertiary/aromatic N) is 2. The van der Waals surface area contributed by atoms with E-state index in [4.69, 9.17) is 0 Å². The van der Waals surface area contributed by atoms with E-state index in [1.54, 1.807) is 0 Å². The Kier molecular flexibility index (Phi) is 23.3. The number of rotatable bonds is 31. The molecule has 2 aromatic carbocycles. The molecule has 2 aromatic rings. The minimum Gasteiger partial charge on any atom is -0.493 e. The number of hydrogen-bond donors (Lipinski definition) is 0. The van der Waals surface area contributed by atoms with Gasteiger partial charge in [0.25, 0.3) is 0 Å². The Morgan fingerprint density at radius 1 is 0.442 bits per heavy atom. The third-order valence-electron chi connectivity index (χ3n) is 11.2. The van der Waals surface area contributed by atoms with Crippen molar-refractivity contribution in [3.63, 3.8) is 0 Å². The lowest BCUT2D eigenvalue weighted by Crippen LogP contribution is -2.02. The van der Waals surface area contributed by atoms with Gasteiger partial charge >= 0.3 is 0 Å². The van der Waals surface area contributed by atoms with Crippen LogP contribution in [-0.2, 0) is 0 Å². The fraction of sp³-hybridized carbons (Fsp3) is 0.640. The molecule has 288 valence electrons. The molecule has 0 radical (unpaired) electrons. The van der Waals surface area contributed by atoms with Crippen molar-refractivity contribution in [2.75, 3.05) is 0 Å². The van der Waals surface area contributed by atoms with E-state index in [0.29, 0.717) is 0 Å². The van der Waals surface area contributed by atoms with Crippen molar-refractivity contribution in [3.8, 4) is 0 Å². The maximum atomic E-state index is 11.8. The molecule has 1 aliphatic rings. The van der Waals surface area contributed by atoms with Crippen LogP contribution in [0.5, 0.6) is 0 Å². The summed E-state index contributed by atoms with van der Waals surface area (Å²) in [6.45, 7) is 8.83. The third kappa shape index (κ3) is 16.9. The summed E-state index contributed by atoms with van der Waals surface area (Å²) in [5, 5.41) is 0. The summed E-state index contributed by atoms with van der Waals surface area (Å²) in [5.74, 6) is 0. The molecule has 2 nitrogen and oxygen atoms in total. The Hall–Kier alpha value is -2.74. The van der Waals surface area contributed by atoms with Crippen LogP contribution in [0.1, 0.15) is 216 Å². The minimum absolute atomic E-state index is 0.923. The smallest absolute Gasteiger partial charge is 0.215 e. The lowest BCUT2D eigenvalue weighted by Gasteiger charge is -2.10. The van der Waals surface area contributed by atoms with E-state index in [0.717, 1.165) is 41.8 Å². The van der Waals surface area contributed by atoms with Crippen molar-refractivity contribution in [2.45, 2.75) is 207 Å². The molecular weight excluding hydrogens is 629 g/mol. The molecule has 0 atom stereocenters. The van der Waals surface area contributed by atoms with Crippen LogP contribution >= 0.6 is 0 Å². The highest BCUT2D eigenvalue weighted by Gasteiger charge is 2.34. The van der Waals surface area contributed by atoms with Crippen LogP contribution in [0.4, 0.5) is 0 Å². The van der Waals surface area contributed by atoms with Crippen LogP contribution in [0, 0.1) is 13.8 Å². The average Bonchev–Trinajstić information content (AvgIpc) is 3.42. The zero-order valence-electron chi connectivity index (χ0n) is 34.5. The molecule has 0 spiro atoms. The number of unbranched alkanes of at least 4 members (excludes halogenated alkanes) is 25. The summed E-state index contributed by atoms with van der Waals surface area (Å²) in [7, 11) is 0. The molecule has 0 fully saturated rings. The topological polar surface area (TPSA) is 25.3 Å². The van der Waals surface area contributed by atoms with E-state index in [1.165, 1.54) is 187 Å². The number of aryl methyl sites for hydroxylation is 2. The fourth-order valence-corrected chi connectivity index (χ4v) is 7.85. The molecule has 52 heavy (non-hydrogen) atoms. The van der Waals surface area contributed by atoms with Gasteiger partial charge in [0.1, 0.15) is 0 Å². The second kappa shape index (κ2) is 27.8. The second-order valence-corrected chi connectivity index (χ2v) is 16.1. The highest BCUT2D eigenvalue weighted by Crippen LogP contribution is 2.43. The van der Waals surface area contributed by atoms with Gasteiger partial charge in [-0.25, -0.2) is 4.70 Å². The fourth-order valence-electron chi connectivity index (χ4n) is 7.85. The van der Waals surface area contributed by atoms with Crippen LogP contribution in [0.2, 0.25) is 0 Å². The normalized spacial score (nSPS) is 13.4. The van der Waals surface area contributed by atoms with Crippen molar-refractivity contribution in [3.05, 3.63) is 99.6 Å². The van der Waals surface area contributed by atoms with Crippen LogP contribution in [0.3, 0.4) is 0 Å². The quantitative estimate of drug-likeness (QED) is 0.0551. The first kappa shape index (κ1) is 43.7. The average molecular weight is 707 g/mol. The first-order chi connectivity index (χ1) is 25.6. The van der Waals surface area contributed by atoms with E-state index in [9.17, 15) is 5.53 Å². The lowest BCUT2D eigenvalue weighted by molar-refractivity contribution is -0.345. The Labute approximate surface area is 322 Å². The molecule has 0 aliphatic carbocycles. The Morgan fingerprint density at radius 3 is 1.19 bits per heavy atom. The van der Waals surface area contributed by atoms with Gasteiger partial charge in [-0.2, -0.15) is 0 Å². The van der Waals surface area contributed by atoms with Gasteiger partial charge in [-0.05, 0) is 63.8 Å². The number of benzene rings is 2. The van der Waals surface area contributed by atoms with E-state index in [1.807, 2.05) is 0 Å². The Morgan fingerprint density at radius 2 is 0.788 bits per heavy atom. The molecule has 1 aliphatic heterocycles. The van der Waals surface area contributed by atoms with Gasteiger partial charge in [0, 0.05) is 16.7 Å². The maximum Gasteiger partial charge on any atom is 0.215 e. The molecule has 1 heterocycles. The molecule has 0 saturated heterocycles. The zero-order chi connectivity index (χ0) is 37.1. The van der Waals surface area contributed by atoms with E-state index < -0.39 is 0 Å². The van der Waals surface area contributed by atoms with Crippen LogP contribution in [0.15, 0.2) is 71.8 Å². The summed E-state index contributed by atoms with van der Waals surface area (Å²) < 4.78 is 1.49. The molecule has 0 N–H and O–H groups in total. The van der Waals surface area contributed by atoms with Crippen molar-refractivity contribution < 1.29 is 4.70 Å². The molecule has 2 heteroatoms. The maximum absolute atomic E-state index is 11.8. The van der Waals surface area contributed by atoms with Crippen molar-refractivity contribution in [2.24, 2.45) is 0 Å². The highest BCUT2D eigenvalue weighted by atomic mass is 15.2.